The van der Waals surface area contributed by atoms with Gasteiger partial charge < -0.3 is 0 Å². The van der Waals surface area contributed by atoms with E-state index < -0.39 is 0 Å². The zero-order chi connectivity index (χ0) is 12.2. The van der Waals surface area contributed by atoms with Crippen molar-refractivity contribution in [2.24, 2.45) is 0 Å². The van der Waals surface area contributed by atoms with Gasteiger partial charge in [-0.3, -0.25) is 0 Å². The average Bonchev–Trinajstić information content (AvgIpc) is 3.08. The monoisotopic (exact) mass is 288 g/mol. The van der Waals surface area contributed by atoms with Crippen LogP contribution in [0.1, 0.15) is 0 Å². The first-order valence-corrected chi connectivity index (χ1v) is 6.14. The van der Waals surface area contributed by atoms with Crippen molar-refractivity contribution in [3.63, 3.8) is 0 Å². The number of hydrogen-bond donors (Lipinski definition) is 0. The molecule has 0 atom stereocenters. The molecule has 0 aliphatic heterocycles. The van der Waals surface area contributed by atoms with Crippen molar-refractivity contribution in [3.05, 3.63) is 111 Å². The summed E-state index contributed by atoms with van der Waals surface area (Å²) in [5, 5.41) is 0. The summed E-state index contributed by atoms with van der Waals surface area (Å²) in [6.07, 6.45) is 29.3. The summed E-state index contributed by atoms with van der Waals surface area (Å²) in [5.41, 5.74) is 0. The summed E-state index contributed by atoms with van der Waals surface area (Å²) in [6, 6.07) is 0. The second kappa shape index (κ2) is 7.29. The third-order valence-electron chi connectivity index (χ3n) is 3.10. The van der Waals surface area contributed by atoms with Crippen molar-refractivity contribution in [2.45, 2.75) is 0 Å². The first kappa shape index (κ1) is 14.9. The van der Waals surface area contributed by atoms with Crippen LogP contribution in [0.15, 0.2) is 48.6 Å². The van der Waals surface area contributed by atoms with Crippen molar-refractivity contribution in [3.8, 4) is 0 Å². The van der Waals surface area contributed by atoms with Crippen molar-refractivity contribution in [1.29, 1.82) is 0 Å². The molecule has 10 radical (unpaired) electrons. The summed E-state index contributed by atoms with van der Waals surface area (Å²) in [7, 11) is 0. The standard InChI is InChI=1S/2C9H7.Ni/c2*1-2-5-9-7-3-6-8(9)4-1;/h2*1-7H;/q;;+2. The molecule has 0 saturated heterocycles. The van der Waals surface area contributed by atoms with Gasteiger partial charge in [0.15, 0.2) is 0 Å². The van der Waals surface area contributed by atoms with Gasteiger partial charge in [0, 0.05) is 23.7 Å². The van der Waals surface area contributed by atoms with E-state index in [4.69, 9.17) is 0 Å². The van der Waals surface area contributed by atoms with Gasteiger partial charge in [0.25, 0.3) is 0 Å². The first-order valence-electron chi connectivity index (χ1n) is 6.14. The van der Waals surface area contributed by atoms with Crippen molar-refractivity contribution < 1.29 is 16.5 Å². The van der Waals surface area contributed by atoms with Gasteiger partial charge >= 0.3 is 16.5 Å². The Kier molecular flexibility index (Phi) is 5.70. The molecule has 0 spiro atoms. The molecule has 4 aliphatic carbocycles. The van der Waals surface area contributed by atoms with E-state index in [1.54, 1.807) is 0 Å². The van der Waals surface area contributed by atoms with E-state index in [1.165, 1.54) is 23.7 Å². The molecule has 0 unspecified atom stereocenters. The smallest absolute Gasteiger partial charge is 0.0762 e. The molecule has 0 bridgehead atoms. The zero-order valence-electron chi connectivity index (χ0n) is 10.4. The zero-order valence-corrected chi connectivity index (χ0v) is 11.4. The van der Waals surface area contributed by atoms with E-state index in [0.29, 0.717) is 0 Å². The van der Waals surface area contributed by atoms with Gasteiger partial charge in [-0.05, 0) is 38.5 Å². The van der Waals surface area contributed by atoms with Crippen LogP contribution in [0.5, 0.6) is 0 Å². The van der Waals surface area contributed by atoms with Gasteiger partial charge in [-0.25, -0.2) is 0 Å². The van der Waals surface area contributed by atoms with Crippen LogP contribution in [-0.4, -0.2) is 0 Å². The minimum Gasteiger partial charge on any atom is -0.0762 e. The first-order chi connectivity index (χ1) is 8.93. The maximum atomic E-state index is 2.12. The summed E-state index contributed by atoms with van der Waals surface area (Å²) >= 11 is 0. The van der Waals surface area contributed by atoms with Crippen molar-refractivity contribution >= 4 is 0 Å². The van der Waals surface area contributed by atoms with Gasteiger partial charge in [-0.2, -0.15) is 0 Å². The van der Waals surface area contributed by atoms with Gasteiger partial charge in [0.2, 0.25) is 0 Å². The average molecular weight is 289 g/mol. The quantitative estimate of drug-likeness (QED) is 0.595. The van der Waals surface area contributed by atoms with Crippen molar-refractivity contribution in [1.82, 2.24) is 0 Å². The molecule has 0 N–H and O–H groups in total. The van der Waals surface area contributed by atoms with Crippen LogP contribution in [0.4, 0.5) is 0 Å². The van der Waals surface area contributed by atoms with Gasteiger partial charge in [0.05, 0.1) is 0 Å². The molecule has 19 heavy (non-hydrogen) atoms. The van der Waals surface area contributed by atoms with Crippen LogP contribution in [-0.2, 0) is 16.5 Å². The van der Waals surface area contributed by atoms with Crippen LogP contribution >= 0.6 is 0 Å². The van der Waals surface area contributed by atoms with Crippen LogP contribution in [0, 0.1) is 62.2 Å². The summed E-state index contributed by atoms with van der Waals surface area (Å²) in [6.45, 7) is 0. The number of fused-ring (bicyclic) bond motifs is 2. The van der Waals surface area contributed by atoms with Gasteiger partial charge in [-0.15, -0.1) is 0 Å². The molecule has 1 heteroatoms. The summed E-state index contributed by atoms with van der Waals surface area (Å²) in [5.74, 6) is 5.32. The van der Waals surface area contributed by atoms with E-state index >= 15 is 0 Å². The summed E-state index contributed by atoms with van der Waals surface area (Å²) < 4.78 is 0. The van der Waals surface area contributed by atoms with Crippen LogP contribution in [0.25, 0.3) is 0 Å². The Morgan fingerprint density at radius 3 is 0.947 bits per heavy atom. The Hall–Kier alpha value is -0.546. The van der Waals surface area contributed by atoms with E-state index in [9.17, 15) is 0 Å². The maximum absolute atomic E-state index is 2.12. The Morgan fingerprint density at radius 2 is 0.684 bits per heavy atom. The molecule has 0 heterocycles. The second-order valence-corrected chi connectivity index (χ2v) is 4.31. The van der Waals surface area contributed by atoms with E-state index in [2.05, 4.69) is 87.1 Å². The van der Waals surface area contributed by atoms with E-state index in [-0.39, 0.29) is 16.5 Å². The molecule has 0 nitrogen and oxygen atoms in total. The number of allylic oxidation sites excluding steroid dienone is 8. The number of hydrogen-bond acceptors (Lipinski definition) is 0. The van der Waals surface area contributed by atoms with Crippen molar-refractivity contribution in [2.75, 3.05) is 0 Å². The molecular formula is C18H14Ni+2. The predicted octanol–water partition coefficient (Wildman–Crippen LogP) is 3.77. The predicted molar refractivity (Wildman–Crippen MR) is 75.3 cm³/mol. The third kappa shape index (κ3) is 3.72. The SMILES string of the molecule is [CH]1[CH][C]2C=CC=C[C]2[CH]1.[CH]1[CH][C]2C=CC=C[C]2[CH]1.[Ni+2]. The molecule has 0 aromatic heterocycles. The molecule has 0 aromatic rings. The Bertz CT molecular complexity index is 314. The van der Waals surface area contributed by atoms with Crippen LogP contribution < -0.4 is 0 Å². The van der Waals surface area contributed by atoms with Gasteiger partial charge in [-0.1, -0.05) is 48.6 Å². The Balaban J connectivity index is 0.000000133. The molecule has 0 aromatic carbocycles. The molecule has 4 rings (SSSR count). The third-order valence-corrected chi connectivity index (χ3v) is 3.10. The largest absolute Gasteiger partial charge is 2.00 e. The van der Waals surface area contributed by atoms with Crippen LogP contribution in [0.3, 0.4) is 0 Å². The normalized spacial score (nSPS) is 25.7. The summed E-state index contributed by atoms with van der Waals surface area (Å²) in [4.78, 5) is 0. The fourth-order valence-corrected chi connectivity index (χ4v) is 2.14. The number of rotatable bonds is 0. The fraction of sp³-hybridized carbons (Fsp3) is 0. The Morgan fingerprint density at radius 1 is 0.421 bits per heavy atom. The molecule has 2 saturated carbocycles. The maximum Gasteiger partial charge on any atom is 2.00 e. The molecule has 2 fully saturated rings. The molecular weight excluding hydrogens is 275 g/mol. The molecule has 4 aliphatic rings. The fourth-order valence-electron chi connectivity index (χ4n) is 2.14. The second-order valence-electron chi connectivity index (χ2n) is 4.31. The minimum atomic E-state index is 0. The molecule has 0 amide bonds. The minimum absolute atomic E-state index is 0. The molecule has 94 valence electrons. The van der Waals surface area contributed by atoms with E-state index in [0.717, 1.165) is 0 Å². The van der Waals surface area contributed by atoms with E-state index in [1.807, 2.05) is 0 Å². The van der Waals surface area contributed by atoms with Crippen LogP contribution in [0.2, 0.25) is 0 Å². The Labute approximate surface area is 127 Å². The van der Waals surface area contributed by atoms with Gasteiger partial charge in [0.1, 0.15) is 0 Å². The topological polar surface area (TPSA) is 0 Å².